The fourth-order valence-electron chi connectivity index (χ4n) is 3.23. The van der Waals surface area contributed by atoms with Crippen LogP contribution in [0, 0.1) is 0 Å². The SMILES string of the molecule is COc1cc(NC(=O)CSc2nnc(C3CCCCC3)n2N)cc(OC)c1. The number of anilines is 1. The van der Waals surface area contributed by atoms with Crippen LogP contribution in [0.1, 0.15) is 43.8 Å². The maximum Gasteiger partial charge on any atom is 0.234 e. The van der Waals surface area contributed by atoms with Gasteiger partial charge in [-0.3, -0.25) is 4.79 Å². The number of methoxy groups -OCH3 is 2. The summed E-state index contributed by atoms with van der Waals surface area (Å²) < 4.78 is 11.9. The highest BCUT2D eigenvalue weighted by Crippen LogP contribution is 2.32. The van der Waals surface area contributed by atoms with Crippen molar-refractivity contribution < 1.29 is 14.3 Å². The zero-order valence-corrected chi connectivity index (χ0v) is 16.4. The topological polar surface area (TPSA) is 104 Å². The van der Waals surface area contributed by atoms with Gasteiger partial charge in [0.05, 0.1) is 20.0 Å². The van der Waals surface area contributed by atoms with Crippen molar-refractivity contribution >= 4 is 23.4 Å². The van der Waals surface area contributed by atoms with Crippen LogP contribution in [0.2, 0.25) is 0 Å². The number of amides is 1. The van der Waals surface area contributed by atoms with Crippen molar-refractivity contribution in [3.05, 3.63) is 24.0 Å². The first-order chi connectivity index (χ1) is 13.1. The molecule has 1 aliphatic rings. The van der Waals surface area contributed by atoms with Gasteiger partial charge in [-0.15, -0.1) is 10.2 Å². The number of benzene rings is 1. The number of ether oxygens (including phenoxy) is 2. The number of nitrogen functional groups attached to an aromatic ring is 1. The summed E-state index contributed by atoms with van der Waals surface area (Å²) in [4.78, 5) is 12.3. The van der Waals surface area contributed by atoms with Crippen LogP contribution in [0.15, 0.2) is 23.4 Å². The van der Waals surface area contributed by atoms with E-state index < -0.39 is 0 Å². The lowest BCUT2D eigenvalue weighted by molar-refractivity contribution is -0.113. The Balaban J connectivity index is 1.59. The molecule has 8 nitrogen and oxygen atoms in total. The summed E-state index contributed by atoms with van der Waals surface area (Å²) in [5.41, 5.74) is 0.605. The average Bonchev–Trinajstić information content (AvgIpc) is 3.07. The van der Waals surface area contributed by atoms with Gasteiger partial charge in [0.25, 0.3) is 0 Å². The van der Waals surface area contributed by atoms with E-state index in [-0.39, 0.29) is 11.7 Å². The second kappa shape index (κ2) is 8.98. The van der Waals surface area contributed by atoms with Gasteiger partial charge in [0.1, 0.15) is 11.5 Å². The third-order valence-corrected chi connectivity index (χ3v) is 5.57. The highest BCUT2D eigenvalue weighted by Gasteiger charge is 2.22. The molecular formula is C18H25N5O3S. The lowest BCUT2D eigenvalue weighted by atomic mass is 9.89. The Morgan fingerprint density at radius 3 is 2.48 bits per heavy atom. The number of rotatable bonds is 7. The highest BCUT2D eigenvalue weighted by molar-refractivity contribution is 7.99. The van der Waals surface area contributed by atoms with Crippen LogP contribution in [-0.4, -0.2) is 40.8 Å². The summed E-state index contributed by atoms with van der Waals surface area (Å²) in [7, 11) is 3.13. The number of hydrogen-bond donors (Lipinski definition) is 2. The van der Waals surface area contributed by atoms with Gasteiger partial charge in [-0.1, -0.05) is 31.0 Å². The number of nitrogens with zero attached hydrogens (tertiary/aromatic N) is 3. The Hall–Kier alpha value is -2.42. The van der Waals surface area contributed by atoms with Crippen molar-refractivity contribution in [1.29, 1.82) is 0 Å². The molecule has 1 saturated carbocycles. The minimum atomic E-state index is -0.169. The van der Waals surface area contributed by atoms with Gasteiger partial charge in [0, 0.05) is 29.8 Å². The van der Waals surface area contributed by atoms with Crippen LogP contribution < -0.4 is 20.6 Å². The molecular weight excluding hydrogens is 366 g/mol. The van der Waals surface area contributed by atoms with E-state index in [0.717, 1.165) is 18.7 Å². The lowest BCUT2D eigenvalue weighted by Crippen LogP contribution is -2.19. The molecule has 9 heteroatoms. The quantitative estimate of drug-likeness (QED) is 0.552. The number of nitrogens with two attached hydrogens (primary N) is 1. The smallest absolute Gasteiger partial charge is 0.234 e. The molecule has 0 aliphatic heterocycles. The number of hydrogen-bond acceptors (Lipinski definition) is 7. The molecule has 2 aromatic rings. The molecule has 1 heterocycles. The summed E-state index contributed by atoms with van der Waals surface area (Å²) >= 11 is 1.27. The van der Waals surface area contributed by atoms with Crippen molar-refractivity contribution in [2.45, 2.75) is 43.2 Å². The number of thioether (sulfide) groups is 1. The first kappa shape index (κ1) is 19.3. The number of aromatic nitrogens is 3. The first-order valence-electron chi connectivity index (χ1n) is 8.97. The summed E-state index contributed by atoms with van der Waals surface area (Å²) in [5.74, 6) is 8.56. The molecule has 0 radical (unpaired) electrons. The first-order valence-corrected chi connectivity index (χ1v) is 9.95. The molecule has 0 saturated heterocycles. The minimum absolute atomic E-state index is 0.169. The summed E-state index contributed by atoms with van der Waals surface area (Å²) in [6.45, 7) is 0. The van der Waals surface area contributed by atoms with Crippen molar-refractivity contribution in [2.75, 3.05) is 31.1 Å². The van der Waals surface area contributed by atoms with Crippen LogP contribution >= 0.6 is 11.8 Å². The third-order valence-electron chi connectivity index (χ3n) is 4.63. The Bertz CT molecular complexity index is 767. The normalized spacial score (nSPS) is 14.7. The molecule has 0 bridgehead atoms. The Labute approximate surface area is 162 Å². The molecule has 146 valence electrons. The number of carbonyl (C=O) groups excluding carboxylic acids is 1. The van der Waals surface area contributed by atoms with Gasteiger partial charge < -0.3 is 20.6 Å². The summed E-state index contributed by atoms with van der Waals surface area (Å²) in [6, 6.07) is 5.21. The highest BCUT2D eigenvalue weighted by atomic mass is 32.2. The van der Waals surface area contributed by atoms with E-state index in [1.807, 2.05) is 0 Å². The van der Waals surface area contributed by atoms with Gasteiger partial charge in [-0.2, -0.15) is 0 Å². The van der Waals surface area contributed by atoms with E-state index in [0.29, 0.717) is 28.3 Å². The van der Waals surface area contributed by atoms with Crippen LogP contribution in [-0.2, 0) is 4.79 Å². The van der Waals surface area contributed by atoms with E-state index in [1.54, 1.807) is 32.4 Å². The van der Waals surface area contributed by atoms with E-state index in [2.05, 4.69) is 15.5 Å². The second-order valence-electron chi connectivity index (χ2n) is 6.48. The Kier molecular flexibility index (Phi) is 6.44. The predicted octanol–water partition coefficient (Wildman–Crippen LogP) is 2.79. The molecule has 1 aliphatic carbocycles. The van der Waals surface area contributed by atoms with Gasteiger partial charge in [0.2, 0.25) is 11.1 Å². The Morgan fingerprint density at radius 1 is 1.19 bits per heavy atom. The van der Waals surface area contributed by atoms with Crippen LogP contribution in [0.5, 0.6) is 11.5 Å². The van der Waals surface area contributed by atoms with Gasteiger partial charge in [0.15, 0.2) is 5.82 Å². The van der Waals surface area contributed by atoms with Gasteiger partial charge in [-0.05, 0) is 12.8 Å². The lowest BCUT2D eigenvalue weighted by Gasteiger charge is -2.20. The maximum atomic E-state index is 12.3. The van der Waals surface area contributed by atoms with Crippen LogP contribution in [0.4, 0.5) is 5.69 Å². The fraction of sp³-hybridized carbons (Fsp3) is 0.500. The molecule has 1 aromatic heterocycles. The molecule has 0 unspecified atom stereocenters. The molecule has 1 fully saturated rings. The number of carbonyl (C=O) groups is 1. The molecule has 0 atom stereocenters. The maximum absolute atomic E-state index is 12.3. The Morgan fingerprint density at radius 2 is 1.85 bits per heavy atom. The van der Waals surface area contributed by atoms with Crippen molar-refractivity contribution in [1.82, 2.24) is 14.9 Å². The standard InChI is InChI=1S/C18H25N5O3S/c1-25-14-8-13(9-15(10-14)26-2)20-16(24)11-27-18-22-21-17(23(18)19)12-6-4-3-5-7-12/h8-10,12H,3-7,11,19H2,1-2H3,(H,20,24). The van der Waals surface area contributed by atoms with E-state index in [4.69, 9.17) is 15.3 Å². The largest absolute Gasteiger partial charge is 0.497 e. The monoisotopic (exact) mass is 391 g/mol. The second-order valence-corrected chi connectivity index (χ2v) is 7.43. The van der Waals surface area contributed by atoms with E-state index >= 15 is 0 Å². The third kappa shape index (κ3) is 4.85. The molecule has 1 aromatic carbocycles. The molecule has 27 heavy (non-hydrogen) atoms. The zero-order valence-electron chi connectivity index (χ0n) is 15.6. The van der Waals surface area contributed by atoms with Crippen molar-refractivity contribution in [3.63, 3.8) is 0 Å². The summed E-state index contributed by atoms with van der Waals surface area (Å²) in [6.07, 6.45) is 5.86. The van der Waals surface area contributed by atoms with E-state index in [9.17, 15) is 4.79 Å². The summed E-state index contributed by atoms with van der Waals surface area (Å²) in [5, 5.41) is 11.8. The fourth-order valence-corrected chi connectivity index (χ4v) is 3.90. The molecule has 3 N–H and O–H groups in total. The van der Waals surface area contributed by atoms with Gasteiger partial charge in [-0.25, -0.2) is 4.68 Å². The average molecular weight is 391 g/mol. The molecule has 3 rings (SSSR count). The van der Waals surface area contributed by atoms with Crippen LogP contribution in [0.3, 0.4) is 0 Å². The molecule has 0 spiro atoms. The van der Waals surface area contributed by atoms with E-state index in [1.165, 1.54) is 35.7 Å². The van der Waals surface area contributed by atoms with Gasteiger partial charge >= 0.3 is 0 Å². The number of nitrogens with one attached hydrogen (secondary N) is 1. The minimum Gasteiger partial charge on any atom is -0.497 e. The van der Waals surface area contributed by atoms with Crippen molar-refractivity contribution in [3.8, 4) is 11.5 Å². The van der Waals surface area contributed by atoms with Crippen molar-refractivity contribution in [2.24, 2.45) is 0 Å². The van der Waals surface area contributed by atoms with Crippen LogP contribution in [0.25, 0.3) is 0 Å². The molecule has 1 amide bonds. The predicted molar refractivity (Wildman–Crippen MR) is 105 cm³/mol. The zero-order chi connectivity index (χ0) is 19.2.